The summed E-state index contributed by atoms with van der Waals surface area (Å²) in [4.78, 5) is 41.1. The van der Waals surface area contributed by atoms with Crippen LogP contribution in [0.25, 0.3) is 16.9 Å². The van der Waals surface area contributed by atoms with Gasteiger partial charge in [-0.15, -0.1) is 5.10 Å². The molecule has 0 unspecified atom stereocenters. The Morgan fingerprint density at radius 1 is 1.15 bits per heavy atom. The summed E-state index contributed by atoms with van der Waals surface area (Å²) >= 11 is 0. The molecule has 13 nitrogen and oxygen atoms in total. The smallest absolute Gasteiger partial charge is 0.384 e. The molecule has 3 N–H and O–H groups in total. The lowest BCUT2D eigenvalue weighted by molar-refractivity contribution is -0.137. The number of nitrogens with one attached hydrogen (secondary N) is 1. The Morgan fingerprint density at radius 2 is 1.89 bits per heavy atom. The first-order valence-corrected chi connectivity index (χ1v) is 15.0. The monoisotopic (exact) mass is 642 g/mol. The van der Waals surface area contributed by atoms with Gasteiger partial charge in [-0.25, -0.2) is 14.5 Å². The Morgan fingerprint density at radius 3 is 2.54 bits per heavy atom. The third-order valence-corrected chi connectivity index (χ3v) is 8.43. The van der Waals surface area contributed by atoms with E-state index in [1.807, 2.05) is 30.0 Å². The van der Waals surface area contributed by atoms with Crippen LogP contribution in [-0.2, 0) is 27.0 Å². The molecule has 2 amide bonds. The van der Waals surface area contributed by atoms with Crippen molar-refractivity contribution in [3.8, 4) is 11.4 Å². The molecule has 3 aromatic heterocycles. The van der Waals surface area contributed by atoms with Crippen LogP contribution in [0.5, 0.6) is 0 Å². The van der Waals surface area contributed by atoms with E-state index < -0.39 is 11.7 Å². The number of fused-ring (bicyclic) bond motifs is 1. The number of likely N-dealkylation sites (N-methyl/N-ethyl adjacent to an activating group) is 1. The largest absolute Gasteiger partial charge is 0.417 e. The second-order valence-electron chi connectivity index (χ2n) is 12.5. The lowest BCUT2D eigenvalue weighted by atomic mass is 9.78. The molecule has 46 heavy (non-hydrogen) atoms. The van der Waals surface area contributed by atoms with Gasteiger partial charge in [-0.3, -0.25) is 14.5 Å². The van der Waals surface area contributed by atoms with Gasteiger partial charge >= 0.3 is 6.18 Å². The Labute approximate surface area is 263 Å². The van der Waals surface area contributed by atoms with Gasteiger partial charge in [0.05, 0.1) is 36.3 Å². The zero-order valence-corrected chi connectivity index (χ0v) is 25.8. The van der Waals surface area contributed by atoms with E-state index in [9.17, 15) is 22.8 Å². The van der Waals surface area contributed by atoms with E-state index in [4.69, 9.17) is 10.5 Å². The first-order chi connectivity index (χ1) is 21.9. The molecule has 1 spiro atoms. The summed E-state index contributed by atoms with van der Waals surface area (Å²) in [6.45, 7) is 6.07. The number of nitrogens with zero attached hydrogens (tertiary/aromatic N) is 8. The third-order valence-electron chi connectivity index (χ3n) is 8.43. The van der Waals surface area contributed by atoms with Crippen molar-refractivity contribution in [3.63, 3.8) is 0 Å². The summed E-state index contributed by atoms with van der Waals surface area (Å²) in [5.74, 6) is -0.238. The zero-order chi connectivity index (χ0) is 32.6. The van der Waals surface area contributed by atoms with Crippen molar-refractivity contribution in [2.24, 2.45) is 5.41 Å². The highest BCUT2D eigenvalue weighted by Gasteiger charge is 2.50. The number of ether oxygens (including phenoxy) is 1. The lowest BCUT2D eigenvalue weighted by Crippen LogP contribution is -2.66. The van der Waals surface area contributed by atoms with Gasteiger partial charge in [0, 0.05) is 70.8 Å². The van der Waals surface area contributed by atoms with Crippen LogP contribution in [0.2, 0.25) is 0 Å². The molecule has 3 fully saturated rings. The number of halogens is 3. The van der Waals surface area contributed by atoms with E-state index in [1.165, 1.54) is 6.08 Å². The molecule has 3 aliphatic heterocycles. The molecular weight excluding hydrogens is 605 g/mol. The van der Waals surface area contributed by atoms with E-state index >= 15 is 0 Å². The average Bonchev–Trinajstić information content (AvgIpc) is 3.36. The number of nitrogen functional groups attached to an aromatic ring is 1. The summed E-state index contributed by atoms with van der Waals surface area (Å²) in [5.41, 5.74) is 6.07. The fourth-order valence-electron chi connectivity index (χ4n) is 5.96. The van der Waals surface area contributed by atoms with Crippen LogP contribution in [-0.4, -0.2) is 126 Å². The van der Waals surface area contributed by atoms with Gasteiger partial charge in [0.1, 0.15) is 11.3 Å². The Bertz CT molecular complexity index is 1640. The van der Waals surface area contributed by atoms with E-state index in [0.717, 1.165) is 17.8 Å². The van der Waals surface area contributed by atoms with Crippen molar-refractivity contribution in [1.82, 2.24) is 39.6 Å². The third kappa shape index (κ3) is 6.78. The maximum absolute atomic E-state index is 14.0. The molecule has 0 radical (unpaired) electrons. The van der Waals surface area contributed by atoms with Crippen molar-refractivity contribution in [3.05, 3.63) is 47.8 Å². The molecule has 0 atom stereocenters. The van der Waals surface area contributed by atoms with Crippen LogP contribution in [0.1, 0.15) is 11.1 Å². The topological polar surface area (TPSA) is 137 Å². The van der Waals surface area contributed by atoms with E-state index in [2.05, 4.69) is 25.3 Å². The summed E-state index contributed by atoms with van der Waals surface area (Å²) in [6, 6.07) is 2.76. The van der Waals surface area contributed by atoms with Gasteiger partial charge < -0.3 is 30.5 Å². The molecule has 3 aliphatic rings. The van der Waals surface area contributed by atoms with Crippen molar-refractivity contribution in [2.45, 2.75) is 12.7 Å². The Hall–Kier alpha value is -4.28. The highest BCUT2D eigenvalue weighted by atomic mass is 19.4. The number of hydrogen-bond acceptors (Lipinski definition) is 10. The lowest BCUT2D eigenvalue weighted by Gasteiger charge is -2.55. The number of nitrogens with two attached hydrogens (primary N) is 1. The number of piperazine rings is 1. The number of aromatic nitrogens is 4. The first kappa shape index (κ1) is 31.7. The number of anilines is 2. The molecule has 6 heterocycles. The molecule has 0 aromatic carbocycles. The minimum atomic E-state index is -4.67. The number of amides is 2. The molecule has 3 aromatic rings. The summed E-state index contributed by atoms with van der Waals surface area (Å²) in [7, 11) is 3.80. The van der Waals surface area contributed by atoms with E-state index in [-0.39, 0.29) is 41.0 Å². The van der Waals surface area contributed by atoms with E-state index in [0.29, 0.717) is 76.9 Å². The van der Waals surface area contributed by atoms with Gasteiger partial charge in [0.2, 0.25) is 11.8 Å². The van der Waals surface area contributed by atoms with Crippen molar-refractivity contribution < 1.29 is 27.5 Å². The fraction of sp³-hybridized carbons (Fsp3) is 0.500. The second kappa shape index (κ2) is 12.5. The maximum Gasteiger partial charge on any atom is 0.417 e. The number of pyridine rings is 1. The fourth-order valence-corrected chi connectivity index (χ4v) is 5.96. The highest BCUT2D eigenvalue weighted by molar-refractivity contribution is 5.91. The molecule has 0 bridgehead atoms. The van der Waals surface area contributed by atoms with Crippen LogP contribution >= 0.6 is 0 Å². The Kier molecular flexibility index (Phi) is 8.60. The van der Waals surface area contributed by atoms with Crippen LogP contribution < -0.4 is 16.0 Å². The zero-order valence-electron chi connectivity index (χ0n) is 25.8. The van der Waals surface area contributed by atoms with Crippen LogP contribution in [0.15, 0.2) is 36.7 Å². The van der Waals surface area contributed by atoms with Crippen molar-refractivity contribution in [1.29, 1.82) is 0 Å². The summed E-state index contributed by atoms with van der Waals surface area (Å²) in [5, 5.41) is 7.13. The molecule has 0 saturated carbocycles. The van der Waals surface area contributed by atoms with Crippen molar-refractivity contribution >= 4 is 29.0 Å². The summed E-state index contributed by atoms with van der Waals surface area (Å²) in [6.07, 6.45) is 1.36. The molecule has 0 aliphatic carbocycles. The standard InChI is InChI=1S/C30H37F3N10O3/c1-39(2)5-3-4-25(44)36-13-26(45)41-8-6-40(7-9-41)14-20-10-23-28(42-16-29(17-42)18-46-19-29)37-27(38-43(23)15-20)21-12-35-24(34)11-22(21)30(31,32)33/h3-4,10-12,15H,5-9,13-14,16-19H2,1-2H3,(H2,34,35)(H,36,44)/b4-3+. The van der Waals surface area contributed by atoms with Crippen LogP contribution in [0.3, 0.4) is 0 Å². The number of alkyl halides is 3. The van der Waals surface area contributed by atoms with Gasteiger partial charge in [-0.2, -0.15) is 13.2 Å². The van der Waals surface area contributed by atoms with Gasteiger partial charge in [-0.05, 0) is 31.8 Å². The molecule has 16 heteroatoms. The minimum Gasteiger partial charge on any atom is -0.384 e. The summed E-state index contributed by atoms with van der Waals surface area (Å²) < 4.78 is 48.9. The number of hydrogen-bond donors (Lipinski definition) is 2. The molecule has 6 rings (SSSR count). The van der Waals surface area contributed by atoms with Gasteiger partial charge in [0.15, 0.2) is 11.6 Å². The molecular formula is C30H37F3N10O3. The average molecular weight is 643 g/mol. The SMILES string of the molecule is CN(C)C/C=C/C(=O)NCC(=O)N1CCN(Cc2cc3c(N4CC5(COC5)C4)nc(-c4cnc(N)cc4C(F)(F)F)nn3c2)CC1. The maximum atomic E-state index is 14.0. The predicted octanol–water partition coefficient (Wildman–Crippen LogP) is 1.11. The molecule has 3 saturated heterocycles. The van der Waals surface area contributed by atoms with Gasteiger partial charge in [-0.1, -0.05) is 6.08 Å². The number of carbonyl (C=O) groups is 2. The number of carbonyl (C=O) groups excluding carboxylic acids is 2. The normalized spacial score (nSPS) is 18.4. The second-order valence-corrected chi connectivity index (χ2v) is 12.5. The quantitative estimate of drug-likeness (QED) is 0.327. The highest BCUT2D eigenvalue weighted by Crippen LogP contribution is 2.42. The number of rotatable bonds is 9. The van der Waals surface area contributed by atoms with Crippen molar-refractivity contribution in [2.75, 3.05) is 90.3 Å². The van der Waals surface area contributed by atoms with Crippen LogP contribution in [0, 0.1) is 5.41 Å². The Balaban J connectivity index is 1.16. The predicted molar refractivity (Wildman–Crippen MR) is 164 cm³/mol. The molecule has 246 valence electrons. The van der Waals surface area contributed by atoms with Gasteiger partial charge in [0.25, 0.3) is 0 Å². The van der Waals surface area contributed by atoms with E-state index in [1.54, 1.807) is 21.7 Å². The first-order valence-electron chi connectivity index (χ1n) is 15.0. The minimum absolute atomic E-state index is 0.0557. The van der Waals surface area contributed by atoms with Crippen LogP contribution in [0.4, 0.5) is 24.8 Å².